The van der Waals surface area contributed by atoms with Gasteiger partial charge in [0.2, 0.25) is 0 Å². The Morgan fingerprint density at radius 2 is 1.57 bits per heavy atom. The zero-order valence-corrected chi connectivity index (χ0v) is 17.8. The molecule has 1 aromatic rings. The number of esters is 1. The lowest BCUT2D eigenvalue weighted by Gasteiger charge is -2.12. The number of rotatable bonds is 17. The summed E-state index contributed by atoms with van der Waals surface area (Å²) in [5.74, 6) is 0.0450. The summed E-state index contributed by atoms with van der Waals surface area (Å²) in [6, 6.07) is 3.29. The van der Waals surface area contributed by atoms with Crippen LogP contribution in [0.2, 0.25) is 0 Å². The summed E-state index contributed by atoms with van der Waals surface area (Å²) in [6.07, 6.45) is 20.8. The highest BCUT2D eigenvalue weighted by molar-refractivity contribution is 5.78. The average Bonchev–Trinajstić information content (AvgIpc) is 3.19. The summed E-state index contributed by atoms with van der Waals surface area (Å²) in [7, 11) is 1.39. The van der Waals surface area contributed by atoms with Gasteiger partial charge < -0.3 is 9.15 Å². The summed E-state index contributed by atoms with van der Waals surface area (Å²) in [4.78, 5) is 22.8. The molecular formula is C24H38O4. The van der Waals surface area contributed by atoms with Gasteiger partial charge in [-0.2, -0.15) is 0 Å². The maximum atomic E-state index is 12.0. The molecule has 0 fully saturated rings. The van der Waals surface area contributed by atoms with E-state index in [-0.39, 0.29) is 11.7 Å². The Kier molecular flexibility index (Phi) is 14.0. The fraction of sp³-hybridized carbons (Fsp3) is 0.667. The molecule has 0 spiro atoms. The van der Waals surface area contributed by atoms with Crippen molar-refractivity contribution >= 4 is 12.3 Å². The van der Waals surface area contributed by atoms with Crippen molar-refractivity contribution in [2.75, 3.05) is 7.11 Å². The largest absolute Gasteiger partial charge is 0.468 e. The zero-order valence-electron chi connectivity index (χ0n) is 17.8. The van der Waals surface area contributed by atoms with Crippen molar-refractivity contribution < 1.29 is 18.7 Å². The van der Waals surface area contributed by atoms with Crippen molar-refractivity contribution in [3.05, 3.63) is 35.8 Å². The first-order valence-corrected chi connectivity index (χ1v) is 11.0. The van der Waals surface area contributed by atoms with Crippen LogP contribution in [0.1, 0.15) is 113 Å². The van der Waals surface area contributed by atoms with Gasteiger partial charge in [-0.1, -0.05) is 70.4 Å². The molecule has 1 heterocycles. The van der Waals surface area contributed by atoms with E-state index in [0.29, 0.717) is 18.5 Å². The lowest BCUT2D eigenvalue weighted by atomic mass is 9.98. The highest BCUT2D eigenvalue weighted by Gasteiger charge is 2.24. The molecule has 0 aliphatic carbocycles. The number of hydrogen-bond donors (Lipinski definition) is 0. The summed E-state index contributed by atoms with van der Waals surface area (Å²) in [6.45, 7) is 2.25. The first-order valence-electron chi connectivity index (χ1n) is 11.0. The maximum Gasteiger partial charge on any atom is 0.316 e. The minimum atomic E-state index is -0.420. The monoisotopic (exact) mass is 390 g/mol. The molecule has 0 saturated heterocycles. The number of hydrogen-bond acceptors (Lipinski definition) is 4. The molecule has 0 N–H and O–H groups in total. The molecule has 0 aromatic carbocycles. The highest BCUT2D eigenvalue weighted by Crippen LogP contribution is 2.26. The van der Waals surface area contributed by atoms with E-state index in [4.69, 9.17) is 9.15 Å². The van der Waals surface area contributed by atoms with E-state index in [2.05, 4.69) is 19.1 Å². The van der Waals surface area contributed by atoms with Gasteiger partial charge >= 0.3 is 5.97 Å². The fourth-order valence-corrected chi connectivity index (χ4v) is 3.38. The summed E-state index contributed by atoms with van der Waals surface area (Å²) >= 11 is 0. The molecule has 1 atom stereocenters. The van der Waals surface area contributed by atoms with Crippen molar-refractivity contribution in [1.29, 1.82) is 0 Å². The van der Waals surface area contributed by atoms with E-state index in [1.165, 1.54) is 58.5 Å². The van der Waals surface area contributed by atoms with E-state index in [9.17, 15) is 9.59 Å². The van der Waals surface area contributed by atoms with Gasteiger partial charge in [0.15, 0.2) is 12.0 Å². The molecule has 4 nitrogen and oxygen atoms in total. The average molecular weight is 391 g/mol. The van der Waals surface area contributed by atoms with Gasteiger partial charge in [0, 0.05) is 0 Å². The van der Waals surface area contributed by atoms with Crippen LogP contribution in [0.5, 0.6) is 0 Å². The van der Waals surface area contributed by atoms with E-state index >= 15 is 0 Å². The second-order valence-corrected chi connectivity index (χ2v) is 7.45. The van der Waals surface area contributed by atoms with Crippen LogP contribution in [0, 0.1) is 0 Å². The Balaban J connectivity index is 2.10. The number of unbranched alkanes of at least 4 members (excludes halogenated alkanes) is 10. The lowest BCUT2D eigenvalue weighted by Crippen LogP contribution is -2.13. The van der Waals surface area contributed by atoms with Crippen molar-refractivity contribution in [3.63, 3.8) is 0 Å². The van der Waals surface area contributed by atoms with Crippen LogP contribution in [0.4, 0.5) is 0 Å². The van der Waals surface area contributed by atoms with E-state index in [0.717, 1.165) is 25.7 Å². The van der Waals surface area contributed by atoms with Gasteiger partial charge in [0.05, 0.1) is 7.11 Å². The maximum absolute atomic E-state index is 12.0. The van der Waals surface area contributed by atoms with Crippen LogP contribution in [0.25, 0.3) is 0 Å². The van der Waals surface area contributed by atoms with Crippen molar-refractivity contribution in [2.24, 2.45) is 0 Å². The number of aldehydes is 1. The fourth-order valence-electron chi connectivity index (χ4n) is 3.38. The normalized spacial score (nSPS) is 12.4. The molecular weight excluding hydrogens is 352 g/mol. The number of carbonyl (C=O) groups excluding carboxylic acids is 2. The number of allylic oxidation sites excluding steroid dienone is 2. The third kappa shape index (κ3) is 10.5. The Hall–Kier alpha value is -1.84. The first-order chi connectivity index (χ1) is 13.7. The van der Waals surface area contributed by atoms with Crippen LogP contribution in [0.15, 0.2) is 28.7 Å². The topological polar surface area (TPSA) is 56.5 Å². The van der Waals surface area contributed by atoms with Gasteiger partial charge in [-0.05, 0) is 44.2 Å². The third-order valence-corrected chi connectivity index (χ3v) is 5.10. The molecule has 158 valence electrons. The number of methoxy groups -OCH3 is 1. The smallest absolute Gasteiger partial charge is 0.316 e. The summed E-state index contributed by atoms with van der Waals surface area (Å²) in [5, 5.41) is 0. The second-order valence-electron chi connectivity index (χ2n) is 7.45. The Bertz CT molecular complexity index is 559. The van der Waals surface area contributed by atoms with Gasteiger partial charge in [0.1, 0.15) is 11.7 Å². The predicted octanol–water partition coefficient (Wildman–Crippen LogP) is 7.00. The zero-order chi connectivity index (χ0) is 20.5. The van der Waals surface area contributed by atoms with Crippen LogP contribution in [0.3, 0.4) is 0 Å². The molecule has 1 unspecified atom stereocenters. The summed E-state index contributed by atoms with van der Waals surface area (Å²) < 4.78 is 10.3. The molecule has 0 radical (unpaired) electrons. The van der Waals surface area contributed by atoms with E-state index in [1.54, 1.807) is 12.1 Å². The second kappa shape index (κ2) is 16.1. The first kappa shape index (κ1) is 24.2. The van der Waals surface area contributed by atoms with Gasteiger partial charge in [0.25, 0.3) is 0 Å². The predicted molar refractivity (Wildman–Crippen MR) is 114 cm³/mol. The van der Waals surface area contributed by atoms with Crippen LogP contribution < -0.4 is 0 Å². The molecule has 28 heavy (non-hydrogen) atoms. The minimum Gasteiger partial charge on any atom is -0.468 e. The van der Waals surface area contributed by atoms with Gasteiger partial charge in [-0.25, -0.2) is 0 Å². The Morgan fingerprint density at radius 1 is 0.964 bits per heavy atom. The Morgan fingerprint density at radius 3 is 2.14 bits per heavy atom. The third-order valence-electron chi connectivity index (χ3n) is 5.10. The van der Waals surface area contributed by atoms with E-state index < -0.39 is 5.92 Å². The molecule has 0 bridgehead atoms. The van der Waals surface area contributed by atoms with Crippen molar-refractivity contribution in [2.45, 2.75) is 96.3 Å². The standard InChI is InChI=1S/C24H38O4/c1-3-4-5-6-7-8-9-10-11-12-13-14-15-16-17-22(24(26)27-2)23-19-18-21(20-25)28-23/h10-11,18-20,22H,3-9,12-17H2,1-2H3/b11-10-. The molecule has 1 aromatic heterocycles. The van der Waals surface area contributed by atoms with Crippen LogP contribution in [-0.2, 0) is 9.53 Å². The number of ether oxygens (including phenoxy) is 1. The van der Waals surface area contributed by atoms with Gasteiger partial charge in [-0.3, -0.25) is 9.59 Å². The Labute approximate surface area is 170 Å². The molecule has 0 aliphatic heterocycles. The van der Waals surface area contributed by atoms with Crippen LogP contribution in [-0.4, -0.2) is 19.4 Å². The molecule has 4 heteroatoms. The SMILES string of the molecule is CCCCCCCC/C=C\CCCCCCC(C(=O)OC)c1ccc(C=O)o1. The van der Waals surface area contributed by atoms with Crippen molar-refractivity contribution in [3.8, 4) is 0 Å². The number of furan rings is 1. The highest BCUT2D eigenvalue weighted by atomic mass is 16.5. The molecule has 1 rings (SSSR count). The molecule has 0 amide bonds. The molecule has 0 aliphatic rings. The lowest BCUT2D eigenvalue weighted by molar-refractivity contribution is -0.143. The quantitative estimate of drug-likeness (QED) is 0.124. The summed E-state index contributed by atoms with van der Waals surface area (Å²) in [5.41, 5.74) is 0. The van der Waals surface area contributed by atoms with E-state index in [1.807, 2.05) is 0 Å². The van der Waals surface area contributed by atoms with Crippen LogP contribution >= 0.6 is 0 Å². The van der Waals surface area contributed by atoms with Crippen molar-refractivity contribution in [1.82, 2.24) is 0 Å². The molecule has 0 saturated carbocycles. The number of carbonyl (C=O) groups is 2. The minimum absolute atomic E-state index is 0.247. The van der Waals surface area contributed by atoms with Gasteiger partial charge in [-0.15, -0.1) is 0 Å².